The van der Waals surface area contributed by atoms with E-state index in [1.165, 1.54) is 42.5 Å². The summed E-state index contributed by atoms with van der Waals surface area (Å²) in [5, 5.41) is 10.4. The second kappa shape index (κ2) is 5.45. The summed E-state index contributed by atoms with van der Waals surface area (Å²) in [6.07, 6.45) is 5.88. The first-order chi connectivity index (χ1) is 8.74. The zero-order valence-electron chi connectivity index (χ0n) is 9.99. The summed E-state index contributed by atoms with van der Waals surface area (Å²) in [5.74, 6) is 0. The first-order valence-electron chi connectivity index (χ1n) is 6.29. The van der Waals surface area contributed by atoms with Crippen molar-refractivity contribution >= 4 is 38.6 Å². The zero-order chi connectivity index (χ0) is 12.5. The minimum atomic E-state index is -0.446. The molecule has 0 radical (unpaired) electrons. The van der Waals surface area contributed by atoms with Crippen LogP contribution in [0.3, 0.4) is 0 Å². The van der Waals surface area contributed by atoms with Gasteiger partial charge in [0.1, 0.15) is 6.10 Å². The van der Waals surface area contributed by atoms with Crippen LogP contribution in [-0.2, 0) is 12.8 Å². The molecule has 0 bridgehead atoms. The molecule has 18 heavy (non-hydrogen) atoms. The van der Waals surface area contributed by atoms with Crippen LogP contribution in [0.1, 0.15) is 45.6 Å². The van der Waals surface area contributed by atoms with Crippen molar-refractivity contribution in [2.24, 2.45) is 0 Å². The summed E-state index contributed by atoms with van der Waals surface area (Å²) < 4.78 is 1.08. The molecule has 0 aliphatic heterocycles. The first kappa shape index (κ1) is 12.9. The first-order valence-corrected chi connectivity index (χ1v) is 8.71. The second-order valence-corrected chi connectivity index (χ2v) is 8.37. The number of aryl methyl sites for hydroxylation is 2. The molecule has 0 fully saturated rings. The van der Waals surface area contributed by atoms with Crippen molar-refractivity contribution in [3.8, 4) is 0 Å². The Balaban J connectivity index is 1.88. The third-order valence-corrected chi connectivity index (χ3v) is 6.36. The predicted octanol–water partition coefficient (Wildman–Crippen LogP) is 4.92. The Labute approximate surface area is 124 Å². The maximum absolute atomic E-state index is 10.4. The quantitative estimate of drug-likeness (QED) is 0.767. The monoisotopic (exact) mass is 342 g/mol. The number of hydrogen-bond donors (Lipinski definition) is 1. The lowest BCUT2D eigenvalue weighted by molar-refractivity contribution is 0.228. The average molecular weight is 343 g/mol. The summed E-state index contributed by atoms with van der Waals surface area (Å²) in [6, 6.07) is 6.23. The number of aliphatic hydroxyl groups excluding tert-OH is 1. The maximum Gasteiger partial charge on any atom is 0.122 e. The number of halogens is 1. The van der Waals surface area contributed by atoms with Crippen LogP contribution >= 0.6 is 38.6 Å². The lowest BCUT2D eigenvalue weighted by Crippen LogP contribution is -1.93. The van der Waals surface area contributed by atoms with E-state index in [-0.39, 0.29) is 0 Å². The van der Waals surface area contributed by atoms with Crippen LogP contribution in [0.5, 0.6) is 0 Å². The van der Waals surface area contributed by atoms with E-state index in [0.29, 0.717) is 0 Å². The number of hydrogen-bond acceptors (Lipinski definition) is 3. The molecule has 1 aliphatic rings. The Morgan fingerprint density at radius 3 is 2.67 bits per heavy atom. The number of thiophene rings is 2. The van der Waals surface area contributed by atoms with E-state index in [2.05, 4.69) is 22.0 Å². The average Bonchev–Trinajstić information content (AvgIpc) is 2.90. The molecule has 1 aliphatic carbocycles. The van der Waals surface area contributed by atoms with Gasteiger partial charge in [-0.25, -0.2) is 0 Å². The molecule has 1 atom stereocenters. The van der Waals surface area contributed by atoms with Gasteiger partial charge in [-0.05, 0) is 65.4 Å². The highest BCUT2D eigenvalue weighted by molar-refractivity contribution is 9.11. The number of aliphatic hydroxyl groups is 1. The van der Waals surface area contributed by atoms with E-state index in [1.54, 1.807) is 22.7 Å². The normalized spacial score (nSPS) is 17.2. The van der Waals surface area contributed by atoms with Gasteiger partial charge in [0.05, 0.1) is 3.79 Å². The molecular weight excluding hydrogens is 328 g/mol. The van der Waals surface area contributed by atoms with Crippen LogP contribution in [0.2, 0.25) is 0 Å². The Bertz CT molecular complexity index is 520. The molecule has 0 aromatic carbocycles. The summed E-state index contributed by atoms with van der Waals surface area (Å²) in [4.78, 5) is 3.63. The lowest BCUT2D eigenvalue weighted by atomic mass is 10.1. The highest BCUT2D eigenvalue weighted by Gasteiger charge is 2.19. The molecule has 1 unspecified atom stereocenters. The van der Waals surface area contributed by atoms with Crippen LogP contribution in [0.15, 0.2) is 22.0 Å². The summed E-state index contributed by atoms with van der Waals surface area (Å²) in [5.41, 5.74) is 1.47. The molecule has 2 heterocycles. The molecule has 4 heteroatoms. The molecule has 0 spiro atoms. The predicted molar refractivity (Wildman–Crippen MR) is 81.7 cm³/mol. The largest absolute Gasteiger partial charge is 0.382 e. The van der Waals surface area contributed by atoms with Gasteiger partial charge in [0, 0.05) is 14.6 Å². The van der Waals surface area contributed by atoms with Crippen molar-refractivity contribution in [2.45, 2.75) is 38.2 Å². The molecule has 1 N–H and O–H groups in total. The molecule has 1 nitrogen and oxygen atoms in total. The fourth-order valence-corrected chi connectivity index (χ4v) is 5.21. The van der Waals surface area contributed by atoms with E-state index >= 15 is 0 Å². The fraction of sp³-hybridized carbons (Fsp3) is 0.429. The molecule has 0 saturated carbocycles. The highest BCUT2D eigenvalue weighted by Crippen LogP contribution is 2.37. The Morgan fingerprint density at radius 2 is 1.89 bits per heavy atom. The summed E-state index contributed by atoms with van der Waals surface area (Å²) in [7, 11) is 0. The van der Waals surface area contributed by atoms with Crippen molar-refractivity contribution in [3.05, 3.63) is 42.2 Å². The van der Waals surface area contributed by atoms with Crippen LogP contribution in [0.4, 0.5) is 0 Å². The molecule has 96 valence electrons. The van der Waals surface area contributed by atoms with E-state index < -0.39 is 6.10 Å². The molecule has 3 rings (SSSR count). The van der Waals surface area contributed by atoms with Gasteiger partial charge in [0.25, 0.3) is 0 Å². The zero-order valence-corrected chi connectivity index (χ0v) is 13.2. The molecule has 0 amide bonds. The Kier molecular flexibility index (Phi) is 3.89. The third kappa shape index (κ3) is 2.57. The fourth-order valence-electron chi connectivity index (χ4n) is 2.44. The van der Waals surface area contributed by atoms with Gasteiger partial charge in [0.15, 0.2) is 0 Å². The Morgan fingerprint density at radius 1 is 1.06 bits per heavy atom. The van der Waals surface area contributed by atoms with Crippen molar-refractivity contribution in [3.63, 3.8) is 0 Å². The van der Waals surface area contributed by atoms with E-state index in [0.717, 1.165) is 13.5 Å². The van der Waals surface area contributed by atoms with Gasteiger partial charge in [-0.15, -0.1) is 22.7 Å². The number of rotatable bonds is 2. The molecule has 2 aromatic rings. The van der Waals surface area contributed by atoms with Crippen molar-refractivity contribution < 1.29 is 5.11 Å². The smallest absolute Gasteiger partial charge is 0.122 e. The summed E-state index contributed by atoms with van der Waals surface area (Å²) in [6.45, 7) is 0. The van der Waals surface area contributed by atoms with Crippen molar-refractivity contribution in [2.75, 3.05) is 0 Å². The van der Waals surface area contributed by atoms with Gasteiger partial charge in [-0.1, -0.05) is 6.42 Å². The minimum absolute atomic E-state index is 0.446. The van der Waals surface area contributed by atoms with E-state index in [9.17, 15) is 5.11 Å². The van der Waals surface area contributed by atoms with Gasteiger partial charge in [-0.3, -0.25) is 0 Å². The van der Waals surface area contributed by atoms with E-state index in [1.807, 2.05) is 12.1 Å². The SMILES string of the molecule is OC(c1ccc(Br)s1)c1cc2c(s1)CCCCC2. The topological polar surface area (TPSA) is 20.2 Å². The van der Waals surface area contributed by atoms with Gasteiger partial charge < -0.3 is 5.11 Å². The maximum atomic E-state index is 10.4. The Hall–Kier alpha value is -0.160. The van der Waals surface area contributed by atoms with Gasteiger partial charge in [0.2, 0.25) is 0 Å². The molecular formula is C14H15BrOS2. The van der Waals surface area contributed by atoms with Crippen molar-refractivity contribution in [1.29, 1.82) is 0 Å². The van der Waals surface area contributed by atoms with Crippen LogP contribution in [0, 0.1) is 0 Å². The standard InChI is InChI=1S/C14H15BrOS2/c15-13-7-6-11(18-13)14(16)12-8-9-4-2-1-3-5-10(9)17-12/h6-8,14,16H,1-5H2. The molecule has 2 aromatic heterocycles. The minimum Gasteiger partial charge on any atom is -0.382 e. The van der Waals surface area contributed by atoms with Crippen LogP contribution in [-0.4, -0.2) is 5.11 Å². The van der Waals surface area contributed by atoms with Crippen LogP contribution in [0.25, 0.3) is 0 Å². The molecule has 0 saturated heterocycles. The summed E-state index contributed by atoms with van der Waals surface area (Å²) >= 11 is 6.87. The van der Waals surface area contributed by atoms with Gasteiger partial charge in [-0.2, -0.15) is 0 Å². The van der Waals surface area contributed by atoms with E-state index in [4.69, 9.17) is 0 Å². The second-order valence-electron chi connectivity index (χ2n) is 4.70. The number of fused-ring (bicyclic) bond motifs is 1. The van der Waals surface area contributed by atoms with Crippen molar-refractivity contribution in [1.82, 2.24) is 0 Å². The van der Waals surface area contributed by atoms with Gasteiger partial charge >= 0.3 is 0 Å². The third-order valence-electron chi connectivity index (χ3n) is 3.40. The lowest BCUT2D eigenvalue weighted by Gasteiger charge is -2.05. The van der Waals surface area contributed by atoms with Crippen LogP contribution < -0.4 is 0 Å². The highest BCUT2D eigenvalue weighted by atomic mass is 79.9.